The summed E-state index contributed by atoms with van der Waals surface area (Å²) in [6.45, 7) is 2.15. The number of anilines is 1. The van der Waals surface area contributed by atoms with Crippen LogP contribution in [0.1, 0.15) is 37.2 Å². The number of rotatable bonds is 5. The Kier molecular flexibility index (Phi) is 4.83. The topological polar surface area (TPSA) is 59.1 Å². The largest absolute Gasteiger partial charge is 0.474 e. The van der Waals surface area contributed by atoms with Gasteiger partial charge < -0.3 is 15.4 Å². The number of benzene rings is 1. The van der Waals surface area contributed by atoms with Gasteiger partial charge in [-0.05, 0) is 56.1 Å². The number of ether oxygens (including phenoxy) is 1. The van der Waals surface area contributed by atoms with E-state index in [0.29, 0.717) is 12.0 Å². The molecule has 1 saturated heterocycles. The maximum absolute atomic E-state index is 6.28. The molecule has 2 N–H and O–H groups in total. The maximum atomic E-state index is 6.28. The summed E-state index contributed by atoms with van der Waals surface area (Å²) in [5.74, 6) is 2.33. The lowest BCUT2D eigenvalue weighted by molar-refractivity contribution is 0.100. The van der Waals surface area contributed by atoms with Crippen molar-refractivity contribution in [3.63, 3.8) is 0 Å². The van der Waals surface area contributed by atoms with Crippen molar-refractivity contribution in [3.05, 3.63) is 60.3 Å². The Morgan fingerprint density at radius 1 is 0.964 bits per heavy atom. The van der Waals surface area contributed by atoms with Crippen molar-refractivity contribution in [1.29, 1.82) is 0 Å². The summed E-state index contributed by atoms with van der Waals surface area (Å²) < 4.78 is 6.28. The Bertz CT molecular complexity index is 948. The number of nitrogens with zero attached hydrogens (tertiary/aromatic N) is 2. The minimum atomic E-state index is 0.230. The van der Waals surface area contributed by atoms with Gasteiger partial charge in [0.25, 0.3) is 0 Å². The van der Waals surface area contributed by atoms with Crippen molar-refractivity contribution in [2.24, 2.45) is 0 Å². The van der Waals surface area contributed by atoms with E-state index in [2.05, 4.69) is 45.9 Å². The number of hydrogen-bond donors (Lipinski definition) is 2. The molecule has 5 heteroatoms. The predicted molar refractivity (Wildman–Crippen MR) is 112 cm³/mol. The molecule has 5 rings (SSSR count). The molecule has 2 fully saturated rings. The van der Waals surface area contributed by atoms with E-state index in [0.717, 1.165) is 56.0 Å². The number of hydrogen-bond acceptors (Lipinski definition) is 5. The van der Waals surface area contributed by atoms with E-state index in [4.69, 9.17) is 9.72 Å². The van der Waals surface area contributed by atoms with Crippen LogP contribution in [0.2, 0.25) is 0 Å². The van der Waals surface area contributed by atoms with Gasteiger partial charge in [-0.1, -0.05) is 24.3 Å². The summed E-state index contributed by atoms with van der Waals surface area (Å²) >= 11 is 0. The van der Waals surface area contributed by atoms with Crippen LogP contribution in [0, 0.1) is 0 Å². The SMILES string of the molecule is c1cnc(OC2CC(Nc3ccc4ccccc4n3)C2)c(C2CCNCC2)c1. The maximum Gasteiger partial charge on any atom is 0.217 e. The summed E-state index contributed by atoms with van der Waals surface area (Å²) in [7, 11) is 0. The zero-order valence-electron chi connectivity index (χ0n) is 16.0. The smallest absolute Gasteiger partial charge is 0.217 e. The van der Waals surface area contributed by atoms with Crippen molar-refractivity contribution in [1.82, 2.24) is 15.3 Å². The second-order valence-electron chi connectivity index (χ2n) is 7.86. The molecule has 1 aromatic carbocycles. The molecule has 0 unspecified atom stereocenters. The lowest BCUT2D eigenvalue weighted by atomic mass is 9.88. The van der Waals surface area contributed by atoms with Gasteiger partial charge in [0.05, 0.1) is 5.52 Å². The van der Waals surface area contributed by atoms with Gasteiger partial charge in [0.1, 0.15) is 11.9 Å². The van der Waals surface area contributed by atoms with E-state index in [9.17, 15) is 0 Å². The van der Waals surface area contributed by atoms with E-state index in [1.165, 1.54) is 10.9 Å². The van der Waals surface area contributed by atoms with Crippen LogP contribution in [-0.4, -0.2) is 35.2 Å². The van der Waals surface area contributed by atoms with Crippen LogP contribution in [-0.2, 0) is 0 Å². The second kappa shape index (κ2) is 7.76. The first-order chi connectivity index (χ1) is 13.8. The van der Waals surface area contributed by atoms with E-state index < -0.39 is 0 Å². The molecule has 2 aliphatic rings. The Morgan fingerprint density at radius 3 is 2.71 bits per heavy atom. The fourth-order valence-electron chi connectivity index (χ4n) is 4.24. The number of piperidine rings is 1. The predicted octanol–water partition coefficient (Wildman–Crippen LogP) is 4.12. The average molecular weight is 374 g/mol. The third kappa shape index (κ3) is 3.67. The molecule has 2 aromatic heterocycles. The Balaban J connectivity index is 1.19. The molecule has 0 bridgehead atoms. The van der Waals surface area contributed by atoms with Gasteiger partial charge >= 0.3 is 0 Å². The van der Waals surface area contributed by atoms with Gasteiger partial charge in [0, 0.05) is 36.0 Å². The van der Waals surface area contributed by atoms with Crippen LogP contribution in [0.4, 0.5) is 5.82 Å². The van der Waals surface area contributed by atoms with Gasteiger partial charge in [0.15, 0.2) is 0 Å². The lowest BCUT2D eigenvalue weighted by Gasteiger charge is -2.36. The highest BCUT2D eigenvalue weighted by molar-refractivity contribution is 5.80. The van der Waals surface area contributed by atoms with Gasteiger partial charge in [0.2, 0.25) is 5.88 Å². The molecule has 144 valence electrons. The molecule has 1 saturated carbocycles. The molecule has 3 heterocycles. The third-order valence-electron chi connectivity index (χ3n) is 5.90. The third-order valence-corrected chi connectivity index (χ3v) is 5.90. The van der Waals surface area contributed by atoms with Gasteiger partial charge in [-0.25, -0.2) is 9.97 Å². The van der Waals surface area contributed by atoms with Crippen LogP contribution in [0.15, 0.2) is 54.7 Å². The van der Waals surface area contributed by atoms with Crippen LogP contribution in [0.3, 0.4) is 0 Å². The summed E-state index contributed by atoms with van der Waals surface area (Å²) in [5, 5.41) is 8.15. The number of pyridine rings is 2. The van der Waals surface area contributed by atoms with Crippen LogP contribution in [0.25, 0.3) is 10.9 Å². The van der Waals surface area contributed by atoms with Crippen LogP contribution < -0.4 is 15.4 Å². The summed E-state index contributed by atoms with van der Waals surface area (Å²) in [4.78, 5) is 9.25. The quantitative estimate of drug-likeness (QED) is 0.704. The Labute approximate surface area is 165 Å². The number of nitrogens with one attached hydrogen (secondary N) is 2. The highest BCUT2D eigenvalue weighted by atomic mass is 16.5. The highest BCUT2D eigenvalue weighted by Crippen LogP contribution is 2.34. The van der Waals surface area contributed by atoms with Gasteiger partial charge in [-0.2, -0.15) is 0 Å². The first-order valence-corrected chi connectivity index (χ1v) is 10.3. The van der Waals surface area contributed by atoms with E-state index in [1.807, 2.05) is 24.4 Å². The summed E-state index contributed by atoms with van der Waals surface area (Å²) in [6, 6.07) is 17.0. The zero-order valence-corrected chi connectivity index (χ0v) is 16.0. The van der Waals surface area contributed by atoms with E-state index >= 15 is 0 Å². The summed E-state index contributed by atoms with van der Waals surface area (Å²) in [6.07, 6.45) is 6.35. The first kappa shape index (κ1) is 17.4. The second-order valence-corrected chi connectivity index (χ2v) is 7.86. The van der Waals surface area contributed by atoms with Crippen molar-refractivity contribution >= 4 is 16.7 Å². The molecule has 0 radical (unpaired) electrons. The van der Waals surface area contributed by atoms with Crippen molar-refractivity contribution in [2.45, 2.75) is 43.7 Å². The minimum Gasteiger partial charge on any atom is -0.474 e. The lowest BCUT2D eigenvalue weighted by Crippen LogP contribution is -2.43. The molecule has 1 aliphatic heterocycles. The van der Waals surface area contributed by atoms with Gasteiger partial charge in [-0.3, -0.25) is 0 Å². The molecule has 5 nitrogen and oxygen atoms in total. The molecule has 0 amide bonds. The molecular weight excluding hydrogens is 348 g/mol. The van der Waals surface area contributed by atoms with E-state index in [1.54, 1.807) is 0 Å². The van der Waals surface area contributed by atoms with Crippen LogP contribution in [0.5, 0.6) is 5.88 Å². The van der Waals surface area contributed by atoms with Crippen LogP contribution >= 0.6 is 0 Å². The van der Waals surface area contributed by atoms with Crippen molar-refractivity contribution in [3.8, 4) is 5.88 Å². The molecule has 1 aliphatic carbocycles. The van der Waals surface area contributed by atoms with Crippen molar-refractivity contribution in [2.75, 3.05) is 18.4 Å². The molecular formula is C23H26N4O. The fraction of sp³-hybridized carbons (Fsp3) is 0.391. The average Bonchev–Trinajstić information content (AvgIpc) is 2.73. The number of fused-ring (bicyclic) bond motifs is 1. The number of para-hydroxylation sites is 1. The molecule has 28 heavy (non-hydrogen) atoms. The first-order valence-electron chi connectivity index (χ1n) is 10.3. The summed E-state index contributed by atoms with van der Waals surface area (Å²) in [5.41, 5.74) is 2.30. The Morgan fingerprint density at radius 2 is 1.82 bits per heavy atom. The fourth-order valence-corrected chi connectivity index (χ4v) is 4.24. The van der Waals surface area contributed by atoms with Gasteiger partial charge in [-0.15, -0.1) is 0 Å². The molecule has 0 spiro atoms. The highest BCUT2D eigenvalue weighted by Gasteiger charge is 2.32. The zero-order chi connectivity index (χ0) is 18.8. The minimum absolute atomic E-state index is 0.230. The molecule has 0 atom stereocenters. The normalized spacial score (nSPS) is 22.6. The Hall–Kier alpha value is -2.66. The van der Waals surface area contributed by atoms with Crippen molar-refractivity contribution < 1.29 is 4.74 Å². The standard InChI is InChI=1S/C23H26N4O/c1-2-6-21-17(4-1)7-8-22(27-21)26-18-14-19(15-18)28-23-20(5-3-11-25-23)16-9-12-24-13-10-16/h1-8,11,16,18-19,24H,9-10,12-15H2,(H,26,27). The monoisotopic (exact) mass is 374 g/mol. The number of aromatic nitrogens is 2. The molecule has 3 aromatic rings. The van der Waals surface area contributed by atoms with E-state index in [-0.39, 0.29) is 6.10 Å².